The number of rotatable bonds is 4. The van der Waals surface area contributed by atoms with Gasteiger partial charge in [-0.05, 0) is 18.9 Å². The molecule has 6 heteroatoms. The van der Waals surface area contributed by atoms with Crippen molar-refractivity contribution in [1.29, 1.82) is 0 Å². The van der Waals surface area contributed by atoms with E-state index in [-0.39, 0.29) is 0 Å². The van der Waals surface area contributed by atoms with Crippen LogP contribution in [0.5, 0.6) is 0 Å². The fourth-order valence-corrected chi connectivity index (χ4v) is 2.60. The Kier molecular flexibility index (Phi) is 3.64. The van der Waals surface area contributed by atoms with Gasteiger partial charge in [0.05, 0.1) is 30.7 Å². The Bertz CT molecular complexity index is 547. The molecule has 2 aromatic heterocycles. The molecule has 1 saturated carbocycles. The average molecular weight is 278 g/mol. The number of nitrogens with one attached hydrogen (secondary N) is 1. The van der Waals surface area contributed by atoms with Crippen molar-refractivity contribution in [2.75, 3.05) is 5.32 Å². The number of hydrogen-bond acceptors (Lipinski definition) is 4. The second-order valence-electron chi connectivity index (χ2n) is 4.81. The zero-order valence-corrected chi connectivity index (χ0v) is 11.3. The minimum atomic E-state index is 0.390. The monoisotopic (exact) mass is 277 g/mol. The molecule has 2 heterocycles. The molecule has 0 spiro atoms. The summed E-state index contributed by atoms with van der Waals surface area (Å²) in [6.45, 7) is 0.634. The van der Waals surface area contributed by atoms with Crippen LogP contribution in [0.4, 0.5) is 5.82 Å². The normalized spacial score (nSPS) is 15.8. The molecule has 1 aliphatic carbocycles. The number of anilines is 1. The van der Waals surface area contributed by atoms with Gasteiger partial charge in [-0.15, -0.1) is 0 Å². The number of nitrogens with zero attached hydrogens (tertiary/aromatic N) is 4. The number of halogens is 1. The predicted octanol–water partition coefficient (Wildman–Crippen LogP) is 3.05. The van der Waals surface area contributed by atoms with Crippen molar-refractivity contribution in [3.05, 3.63) is 35.5 Å². The molecule has 1 aliphatic rings. The summed E-state index contributed by atoms with van der Waals surface area (Å²) in [5.74, 6) is 0.669. The third-order valence-corrected chi connectivity index (χ3v) is 3.60. The summed E-state index contributed by atoms with van der Waals surface area (Å²) in [7, 11) is 0. The SMILES string of the molecule is Clc1cncc(NCc2ccn(C3CCCC3)n2)n1. The molecule has 19 heavy (non-hydrogen) atoms. The lowest BCUT2D eigenvalue weighted by Gasteiger charge is -2.09. The highest BCUT2D eigenvalue weighted by Crippen LogP contribution is 2.28. The molecule has 0 unspecified atom stereocenters. The van der Waals surface area contributed by atoms with Crippen LogP contribution in [0, 0.1) is 0 Å². The Labute approximate surface area is 117 Å². The van der Waals surface area contributed by atoms with Gasteiger partial charge in [0, 0.05) is 6.20 Å². The van der Waals surface area contributed by atoms with E-state index >= 15 is 0 Å². The zero-order chi connectivity index (χ0) is 13.1. The predicted molar refractivity (Wildman–Crippen MR) is 74.1 cm³/mol. The first-order chi connectivity index (χ1) is 9.31. The van der Waals surface area contributed by atoms with Gasteiger partial charge in [-0.2, -0.15) is 5.10 Å². The van der Waals surface area contributed by atoms with Crippen LogP contribution < -0.4 is 5.32 Å². The minimum absolute atomic E-state index is 0.390. The maximum atomic E-state index is 5.78. The Hall–Kier alpha value is -1.62. The minimum Gasteiger partial charge on any atom is -0.363 e. The largest absolute Gasteiger partial charge is 0.363 e. The molecule has 0 amide bonds. The van der Waals surface area contributed by atoms with Gasteiger partial charge in [0.25, 0.3) is 0 Å². The van der Waals surface area contributed by atoms with Crippen molar-refractivity contribution in [1.82, 2.24) is 19.7 Å². The molecule has 100 valence electrons. The van der Waals surface area contributed by atoms with Crippen LogP contribution in [0.15, 0.2) is 24.7 Å². The van der Waals surface area contributed by atoms with Crippen LogP contribution in [0.1, 0.15) is 37.4 Å². The molecule has 5 nitrogen and oxygen atoms in total. The smallest absolute Gasteiger partial charge is 0.149 e. The lowest BCUT2D eigenvalue weighted by atomic mass is 10.3. The lowest BCUT2D eigenvalue weighted by Crippen LogP contribution is -2.07. The third kappa shape index (κ3) is 3.04. The summed E-state index contributed by atoms with van der Waals surface area (Å²) >= 11 is 5.78. The molecule has 0 atom stereocenters. The standard InChI is InChI=1S/C13H16ClN5/c14-12-8-15-9-13(17-12)16-7-10-5-6-19(18-10)11-3-1-2-4-11/h5-6,8-9,11H,1-4,7H2,(H,16,17). The van der Waals surface area contributed by atoms with Crippen LogP contribution in [0.3, 0.4) is 0 Å². The lowest BCUT2D eigenvalue weighted by molar-refractivity contribution is 0.463. The molecule has 0 aromatic carbocycles. The Morgan fingerprint density at radius 2 is 2.16 bits per heavy atom. The molecule has 3 rings (SSSR count). The first-order valence-electron chi connectivity index (χ1n) is 6.57. The summed E-state index contributed by atoms with van der Waals surface area (Å²) in [5, 5.41) is 8.16. The van der Waals surface area contributed by atoms with Crippen LogP contribution in [0.25, 0.3) is 0 Å². The van der Waals surface area contributed by atoms with Crippen molar-refractivity contribution < 1.29 is 0 Å². The third-order valence-electron chi connectivity index (χ3n) is 3.42. The van der Waals surface area contributed by atoms with Gasteiger partial charge in [0.2, 0.25) is 0 Å². The highest BCUT2D eigenvalue weighted by Gasteiger charge is 2.17. The quantitative estimate of drug-likeness (QED) is 0.933. The van der Waals surface area contributed by atoms with E-state index in [1.54, 1.807) is 6.20 Å². The van der Waals surface area contributed by atoms with Gasteiger partial charge in [0.1, 0.15) is 11.0 Å². The Morgan fingerprint density at radius 3 is 2.95 bits per heavy atom. The number of aromatic nitrogens is 4. The van der Waals surface area contributed by atoms with Gasteiger partial charge < -0.3 is 5.32 Å². The highest BCUT2D eigenvalue weighted by atomic mass is 35.5. The first-order valence-corrected chi connectivity index (χ1v) is 6.94. The molecule has 1 N–H and O–H groups in total. The van der Waals surface area contributed by atoms with Crippen molar-refractivity contribution in [2.24, 2.45) is 0 Å². The molecular formula is C13H16ClN5. The van der Waals surface area contributed by atoms with Crippen molar-refractivity contribution >= 4 is 17.4 Å². The fourth-order valence-electron chi connectivity index (χ4n) is 2.45. The second-order valence-corrected chi connectivity index (χ2v) is 5.19. The van der Waals surface area contributed by atoms with Crippen molar-refractivity contribution in [2.45, 2.75) is 38.3 Å². The van der Waals surface area contributed by atoms with E-state index in [1.165, 1.54) is 31.9 Å². The maximum absolute atomic E-state index is 5.78. The molecule has 0 saturated heterocycles. The first kappa shape index (κ1) is 12.4. The van der Waals surface area contributed by atoms with Gasteiger partial charge in [-0.25, -0.2) is 4.98 Å². The molecule has 0 bridgehead atoms. The van der Waals surface area contributed by atoms with Gasteiger partial charge in [-0.1, -0.05) is 24.4 Å². The van der Waals surface area contributed by atoms with E-state index in [4.69, 9.17) is 11.6 Å². The van der Waals surface area contributed by atoms with Crippen molar-refractivity contribution in [3.63, 3.8) is 0 Å². The fraction of sp³-hybridized carbons (Fsp3) is 0.462. The van der Waals surface area contributed by atoms with Gasteiger partial charge in [-0.3, -0.25) is 9.67 Å². The number of hydrogen-bond donors (Lipinski definition) is 1. The van der Waals surface area contributed by atoms with E-state index in [9.17, 15) is 0 Å². The van der Waals surface area contributed by atoms with Gasteiger partial charge in [0.15, 0.2) is 0 Å². The summed E-state index contributed by atoms with van der Waals surface area (Å²) < 4.78 is 2.09. The van der Waals surface area contributed by atoms with Crippen LogP contribution >= 0.6 is 11.6 Å². The van der Waals surface area contributed by atoms with Crippen LogP contribution in [-0.4, -0.2) is 19.7 Å². The van der Waals surface area contributed by atoms with E-state index < -0.39 is 0 Å². The van der Waals surface area contributed by atoms with Crippen LogP contribution in [-0.2, 0) is 6.54 Å². The highest BCUT2D eigenvalue weighted by molar-refractivity contribution is 6.29. The van der Waals surface area contributed by atoms with E-state index in [0.717, 1.165) is 5.69 Å². The molecular weight excluding hydrogens is 262 g/mol. The summed E-state index contributed by atoms with van der Waals surface area (Å²) in [4.78, 5) is 8.11. The molecule has 2 aromatic rings. The second kappa shape index (κ2) is 5.57. The Balaban J connectivity index is 1.61. The topological polar surface area (TPSA) is 55.6 Å². The zero-order valence-electron chi connectivity index (χ0n) is 10.6. The van der Waals surface area contributed by atoms with E-state index in [0.29, 0.717) is 23.6 Å². The van der Waals surface area contributed by atoms with E-state index in [2.05, 4.69) is 31.3 Å². The van der Waals surface area contributed by atoms with Crippen molar-refractivity contribution in [3.8, 4) is 0 Å². The Morgan fingerprint density at radius 1 is 1.32 bits per heavy atom. The van der Waals surface area contributed by atoms with Crippen LogP contribution in [0.2, 0.25) is 5.15 Å². The molecule has 1 fully saturated rings. The average Bonchev–Trinajstić information content (AvgIpc) is 3.07. The van der Waals surface area contributed by atoms with Gasteiger partial charge >= 0.3 is 0 Å². The summed E-state index contributed by atoms with van der Waals surface area (Å²) in [5.41, 5.74) is 1.01. The summed E-state index contributed by atoms with van der Waals surface area (Å²) in [6, 6.07) is 2.63. The summed E-state index contributed by atoms with van der Waals surface area (Å²) in [6.07, 6.45) is 10.4. The van der Waals surface area contributed by atoms with E-state index in [1.807, 2.05) is 6.07 Å². The molecule has 0 aliphatic heterocycles. The molecule has 0 radical (unpaired) electrons. The maximum Gasteiger partial charge on any atom is 0.149 e.